The Morgan fingerprint density at radius 3 is 2.70 bits per heavy atom. The highest BCUT2D eigenvalue weighted by atomic mass is 35.5. The van der Waals surface area contributed by atoms with Crippen LogP contribution in [0.4, 0.5) is 0 Å². The average Bonchev–Trinajstić information content (AvgIpc) is 2.97. The molecule has 1 fully saturated rings. The van der Waals surface area contributed by atoms with Crippen molar-refractivity contribution >= 4 is 18.3 Å². The fourth-order valence-electron chi connectivity index (χ4n) is 2.41. The molecule has 0 spiro atoms. The summed E-state index contributed by atoms with van der Waals surface area (Å²) in [5, 5.41) is 0. The Labute approximate surface area is 126 Å². The summed E-state index contributed by atoms with van der Waals surface area (Å²) >= 11 is 0. The van der Waals surface area contributed by atoms with Gasteiger partial charge in [-0.05, 0) is 25.3 Å². The molecule has 4 nitrogen and oxygen atoms in total. The van der Waals surface area contributed by atoms with Crippen LogP contribution in [0.25, 0.3) is 0 Å². The number of benzene rings is 1. The number of rotatable bonds is 5. The highest BCUT2D eigenvalue weighted by molar-refractivity contribution is 5.85. The smallest absolute Gasteiger partial charge is 0.244 e. The van der Waals surface area contributed by atoms with E-state index >= 15 is 0 Å². The molecule has 0 aromatic heterocycles. The van der Waals surface area contributed by atoms with Crippen LogP contribution in [0.2, 0.25) is 0 Å². The van der Waals surface area contributed by atoms with Crippen molar-refractivity contribution in [3.05, 3.63) is 35.9 Å². The quantitative estimate of drug-likeness (QED) is 0.906. The number of hydrogen-bond donors (Lipinski definition) is 1. The topological polar surface area (TPSA) is 55.6 Å². The Bertz CT molecular complexity index is 408. The lowest BCUT2D eigenvalue weighted by Crippen LogP contribution is -2.42. The second kappa shape index (κ2) is 8.25. The molecular weight excluding hydrogens is 276 g/mol. The standard InChI is InChI=1S/C15H22N2O2.ClH/c1-2-17(11-13-9-6-10-19-13)15(18)14(16)12-7-4-3-5-8-12;/h3-5,7-8,13-14H,2,6,9-11,16H2,1H3;1H. The summed E-state index contributed by atoms with van der Waals surface area (Å²) in [7, 11) is 0. The number of carbonyl (C=O) groups excluding carboxylic acids is 1. The molecule has 1 aliphatic heterocycles. The van der Waals surface area contributed by atoms with Crippen molar-refractivity contribution in [3.8, 4) is 0 Å². The Morgan fingerprint density at radius 2 is 2.15 bits per heavy atom. The molecule has 20 heavy (non-hydrogen) atoms. The van der Waals surface area contributed by atoms with E-state index in [1.807, 2.05) is 37.3 Å². The number of likely N-dealkylation sites (N-methyl/N-ethyl adjacent to an activating group) is 1. The second-order valence-corrected chi connectivity index (χ2v) is 4.90. The van der Waals surface area contributed by atoms with Crippen LogP contribution in [0.3, 0.4) is 0 Å². The normalized spacial score (nSPS) is 19.2. The van der Waals surface area contributed by atoms with Crippen LogP contribution in [-0.2, 0) is 9.53 Å². The van der Waals surface area contributed by atoms with Gasteiger partial charge in [-0.3, -0.25) is 4.79 Å². The Hall–Kier alpha value is -1.10. The number of halogens is 1. The predicted molar refractivity (Wildman–Crippen MR) is 81.8 cm³/mol. The largest absolute Gasteiger partial charge is 0.376 e. The van der Waals surface area contributed by atoms with E-state index in [2.05, 4.69) is 0 Å². The molecule has 1 heterocycles. The van der Waals surface area contributed by atoms with Gasteiger partial charge in [0.05, 0.1) is 6.10 Å². The summed E-state index contributed by atoms with van der Waals surface area (Å²) in [6, 6.07) is 8.93. The average molecular weight is 299 g/mol. The molecule has 0 radical (unpaired) electrons. The highest BCUT2D eigenvalue weighted by Gasteiger charge is 2.25. The van der Waals surface area contributed by atoms with Gasteiger partial charge in [-0.15, -0.1) is 12.4 Å². The van der Waals surface area contributed by atoms with Crippen LogP contribution < -0.4 is 5.73 Å². The van der Waals surface area contributed by atoms with Crippen molar-refractivity contribution in [2.75, 3.05) is 19.7 Å². The molecule has 2 unspecified atom stereocenters. The lowest BCUT2D eigenvalue weighted by Gasteiger charge is -2.26. The van der Waals surface area contributed by atoms with Crippen molar-refractivity contribution in [1.29, 1.82) is 0 Å². The maximum Gasteiger partial charge on any atom is 0.244 e. The van der Waals surface area contributed by atoms with Gasteiger partial charge in [-0.25, -0.2) is 0 Å². The van der Waals surface area contributed by atoms with Crippen LogP contribution >= 0.6 is 12.4 Å². The first-order valence-electron chi connectivity index (χ1n) is 6.93. The molecule has 1 aliphatic rings. The summed E-state index contributed by atoms with van der Waals surface area (Å²) in [5.41, 5.74) is 6.92. The number of carbonyl (C=O) groups is 1. The Morgan fingerprint density at radius 1 is 1.45 bits per heavy atom. The zero-order valence-electron chi connectivity index (χ0n) is 11.8. The van der Waals surface area contributed by atoms with Crippen molar-refractivity contribution in [1.82, 2.24) is 4.90 Å². The predicted octanol–water partition coefficient (Wildman–Crippen LogP) is 2.14. The number of hydrogen-bond acceptors (Lipinski definition) is 3. The van der Waals surface area contributed by atoms with E-state index in [0.29, 0.717) is 13.1 Å². The number of nitrogens with zero attached hydrogens (tertiary/aromatic N) is 1. The third kappa shape index (κ3) is 4.20. The molecule has 0 bridgehead atoms. The summed E-state index contributed by atoms with van der Waals surface area (Å²) in [4.78, 5) is 14.2. The first-order chi connectivity index (χ1) is 9.22. The van der Waals surface area contributed by atoms with Crippen LogP contribution in [0, 0.1) is 0 Å². The first-order valence-corrected chi connectivity index (χ1v) is 6.93. The first kappa shape index (κ1) is 17.0. The van der Waals surface area contributed by atoms with Crippen LogP contribution in [-0.4, -0.2) is 36.6 Å². The van der Waals surface area contributed by atoms with Crippen molar-refractivity contribution in [3.63, 3.8) is 0 Å². The van der Waals surface area contributed by atoms with E-state index in [1.54, 1.807) is 4.90 Å². The highest BCUT2D eigenvalue weighted by Crippen LogP contribution is 2.17. The van der Waals surface area contributed by atoms with E-state index in [0.717, 1.165) is 25.0 Å². The third-order valence-corrected chi connectivity index (χ3v) is 3.57. The van der Waals surface area contributed by atoms with Gasteiger partial charge < -0.3 is 15.4 Å². The van der Waals surface area contributed by atoms with Crippen LogP contribution in [0.1, 0.15) is 31.4 Å². The lowest BCUT2D eigenvalue weighted by atomic mass is 10.1. The van der Waals surface area contributed by atoms with Gasteiger partial charge in [-0.1, -0.05) is 30.3 Å². The zero-order chi connectivity index (χ0) is 13.7. The van der Waals surface area contributed by atoms with Crippen molar-refractivity contribution in [2.45, 2.75) is 31.9 Å². The van der Waals surface area contributed by atoms with Gasteiger partial charge in [0.15, 0.2) is 0 Å². The molecule has 1 amide bonds. The van der Waals surface area contributed by atoms with Gasteiger partial charge in [0.25, 0.3) is 0 Å². The Kier molecular flexibility index (Phi) is 6.99. The molecule has 1 aromatic rings. The van der Waals surface area contributed by atoms with E-state index in [4.69, 9.17) is 10.5 Å². The van der Waals surface area contributed by atoms with Gasteiger partial charge in [0.1, 0.15) is 6.04 Å². The van der Waals surface area contributed by atoms with E-state index < -0.39 is 6.04 Å². The van der Waals surface area contributed by atoms with Gasteiger partial charge in [0.2, 0.25) is 5.91 Å². The van der Waals surface area contributed by atoms with Crippen LogP contribution in [0.5, 0.6) is 0 Å². The summed E-state index contributed by atoms with van der Waals surface area (Å²) in [6.45, 7) is 4.10. The lowest BCUT2D eigenvalue weighted by molar-refractivity contribution is -0.134. The summed E-state index contributed by atoms with van der Waals surface area (Å²) in [5.74, 6) is -0.0239. The van der Waals surface area contributed by atoms with E-state index in [-0.39, 0.29) is 24.4 Å². The van der Waals surface area contributed by atoms with Crippen molar-refractivity contribution < 1.29 is 9.53 Å². The number of ether oxygens (including phenoxy) is 1. The maximum atomic E-state index is 12.4. The van der Waals surface area contributed by atoms with E-state index in [1.165, 1.54) is 0 Å². The molecular formula is C15H23ClN2O2. The number of amides is 1. The third-order valence-electron chi connectivity index (χ3n) is 3.57. The SMILES string of the molecule is CCN(CC1CCCO1)C(=O)C(N)c1ccccc1.Cl. The van der Waals surface area contributed by atoms with Crippen molar-refractivity contribution in [2.24, 2.45) is 5.73 Å². The number of nitrogens with two attached hydrogens (primary N) is 1. The van der Waals surface area contributed by atoms with E-state index in [9.17, 15) is 4.79 Å². The second-order valence-electron chi connectivity index (χ2n) is 4.90. The van der Waals surface area contributed by atoms with Gasteiger partial charge in [0, 0.05) is 19.7 Å². The minimum Gasteiger partial charge on any atom is -0.376 e. The molecule has 2 N–H and O–H groups in total. The summed E-state index contributed by atoms with van der Waals surface area (Å²) < 4.78 is 5.59. The molecule has 1 saturated heterocycles. The summed E-state index contributed by atoms with van der Waals surface area (Å²) in [6.07, 6.45) is 2.29. The minimum absolute atomic E-state index is 0. The monoisotopic (exact) mass is 298 g/mol. The Balaban J connectivity index is 0.00000200. The molecule has 5 heteroatoms. The van der Waals surface area contributed by atoms with Crippen LogP contribution in [0.15, 0.2) is 30.3 Å². The molecule has 0 aliphatic carbocycles. The van der Waals surface area contributed by atoms with Gasteiger partial charge in [-0.2, -0.15) is 0 Å². The molecule has 2 rings (SSSR count). The maximum absolute atomic E-state index is 12.4. The fourth-order valence-corrected chi connectivity index (χ4v) is 2.41. The minimum atomic E-state index is -0.581. The zero-order valence-corrected chi connectivity index (χ0v) is 12.6. The molecule has 112 valence electrons. The fraction of sp³-hybridized carbons (Fsp3) is 0.533. The van der Waals surface area contributed by atoms with Gasteiger partial charge >= 0.3 is 0 Å². The molecule has 1 aromatic carbocycles. The molecule has 0 saturated carbocycles. The molecule has 2 atom stereocenters.